The van der Waals surface area contributed by atoms with Gasteiger partial charge in [0.05, 0.1) is 11.9 Å². The Kier molecular flexibility index (Phi) is 3.88. The number of phenols is 1. The number of nitrogens with zero attached hydrogens (tertiary/aromatic N) is 3. The molecule has 0 aliphatic rings. The second kappa shape index (κ2) is 6.15. The first-order chi connectivity index (χ1) is 10.3. The zero-order chi connectivity index (χ0) is 14.5. The topological polar surface area (TPSA) is 70.4 Å². The summed E-state index contributed by atoms with van der Waals surface area (Å²) in [5.41, 5.74) is 5.47. The largest absolute Gasteiger partial charge is 0.508 e. The standard InChI is InChI=1S/C15H12N4OS/c20-13-5-1-4-12(7-13)14-10-21-15(18-14)19-17-9-11-3-2-6-16-8-11/h1-10,20H,(H,18,19). The molecule has 0 amide bonds. The summed E-state index contributed by atoms with van der Waals surface area (Å²) in [4.78, 5) is 8.43. The van der Waals surface area contributed by atoms with E-state index in [2.05, 4.69) is 20.5 Å². The van der Waals surface area contributed by atoms with Crippen LogP contribution in [0.3, 0.4) is 0 Å². The molecule has 1 aromatic carbocycles. The fraction of sp³-hybridized carbons (Fsp3) is 0. The fourth-order valence-electron chi connectivity index (χ4n) is 1.74. The van der Waals surface area contributed by atoms with Gasteiger partial charge in [0.1, 0.15) is 5.75 Å². The number of aromatic nitrogens is 2. The Morgan fingerprint density at radius 1 is 1.24 bits per heavy atom. The van der Waals surface area contributed by atoms with E-state index >= 15 is 0 Å². The molecular formula is C15H12N4OS. The smallest absolute Gasteiger partial charge is 0.203 e. The summed E-state index contributed by atoms with van der Waals surface area (Å²) >= 11 is 1.45. The minimum absolute atomic E-state index is 0.226. The zero-order valence-electron chi connectivity index (χ0n) is 11.0. The third-order valence-electron chi connectivity index (χ3n) is 2.70. The molecule has 2 heterocycles. The van der Waals surface area contributed by atoms with Crippen molar-refractivity contribution in [3.05, 3.63) is 59.7 Å². The molecule has 104 valence electrons. The predicted molar refractivity (Wildman–Crippen MR) is 84.7 cm³/mol. The van der Waals surface area contributed by atoms with E-state index in [-0.39, 0.29) is 5.75 Å². The van der Waals surface area contributed by atoms with Crippen molar-refractivity contribution in [2.75, 3.05) is 5.43 Å². The minimum Gasteiger partial charge on any atom is -0.508 e. The van der Waals surface area contributed by atoms with Crippen LogP contribution in [0.15, 0.2) is 59.3 Å². The van der Waals surface area contributed by atoms with Gasteiger partial charge in [0.2, 0.25) is 5.13 Å². The summed E-state index contributed by atoms with van der Waals surface area (Å²) in [6.07, 6.45) is 5.13. The van der Waals surface area contributed by atoms with Gasteiger partial charge in [-0.05, 0) is 18.2 Å². The van der Waals surface area contributed by atoms with Gasteiger partial charge < -0.3 is 5.11 Å². The Hall–Kier alpha value is -2.73. The molecule has 21 heavy (non-hydrogen) atoms. The van der Waals surface area contributed by atoms with E-state index in [0.717, 1.165) is 16.8 Å². The monoisotopic (exact) mass is 296 g/mol. The van der Waals surface area contributed by atoms with E-state index in [1.54, 1.807) is 36.8 Å². The number of benzene rings is 1. The number of thiazole rings is 1. The maximum Gasteiger partial charge on any atom is 0.203 e. The molecule has 3 rings (SSSR count). The Labute approximate surface area is 125 Å². The molecule has 0 aliphatic carbocycles. The van der Waals surface area contributed by atoms with E-state index in [0.29, 0.717) is 5.13 Å². The van der Waals surface area contributed by atoms with Crippen LogP contribution in [0.4, 0.5) is 5.13 Å². The van der Waals surface area contributed by atoms with Crippen molar-refractivity contribution in [3.8, 4) is 17.0 Å². The molecular weight excluding hydrogens is 284 g/mol. The maximum atomic E-state index is 9.48. The molecule has 0 atom stereocenters. The molecule has 0 fully saturated rings. The van der Waals surface area contributed by atoms with Crippen LogP contribution in [0, 0.1) is 0 Å². The zero-order valence-corrected chi connectivity index (χ0v) is 11.8. The number of hydrogen-bond donors (Lipinski definition) is 2. The number of rotatable bonds is 4. The summed E-state index contributed by atoms with van der Waals surface area (Å²) in [5.74, 6) is 0.226. The Morgan fingerprint density at radius 2 is 2.19 bits per heavy atom. The number of pyridine rings is 1. The molecule has 0 radical (unpaired) electrons. The first kappa shape index (κ1) is 13.3. The minimum atomic E-state index is 0.226. The van der Waals surface area contributed by atoms with Crippen molar-refractivity contribution in [2.45, 2.75) is 0 Å². The number of hydrazone groups is 1. The van der Waals surface area contributed by atoms with Gasteiger partial charge in [-0.25, -0.2) is 4.98 Å². The Balaban J connectivity index is 1.70. The second-order valence-corrected chi connectivity index (χ2v) is 5.10. The van der Waals surface area contributed by atoms with Crippen LogP contribution in [0.25, 0.3) is 11.3 Å². The van der Waals surface area contributed by atoms with Crippen LogP contribution in [0.2, 0.25) is 0 Å². The highest BCUT2D eigenvalue weighted by Gasteiger charge is 2.04. The van der Waals surface area contributed by atoms with Crippen LogP contribution < -0.4 is 5.43 Å². The Morgan fingerprint density at radius 3 is 3.00 bits per heavy atom. The van der Waals surface area contributed by atoms with Gasteiger partial charge in [0.15, 0.2) is 0 Å². The lowest BCUT2D eigenvalue weighted by Gasteiger charge is -1.97. The molecule has 0 saturated heterocycles. The molecule has 0 saturated carbocycles. The molecule has 0 bridgehead atoms. The highest BCUT2D eigenvalue weighted by Crippen LogP contribution is 2.26. The van der Waals surface area contributed by atoms with Crippen molar-refractivity contribution in [2.24, 2.45) is 5.10 Å². The number of hydrogen-bond acceptors (Lipinski definition) is 6. The van der Waals surface area contributed by atoms with Crippen molar-refractivity contribution in [3.63, 3.8) is 0 Å². The quantitative estimate of drug-likeness (QED) is 0.572. The first-order valence-corrected chi connectivity index (χ1v) is 7.13. The molecule has 2 N–H and O–H groups in total. The van der Waals surface area contributed by atoms with E-state index < -0.39 is 0 Å². The summed E-state index contributed by atoms with van der Waals surface area (Å²) in [5, 5.41) is 16.2. The van der Waals surface area contributed by atoms with Gasteiger partial charge in [-0.2, -0.15) is 5.10 Å². The summed E-state index contributed by atoms with van der Waals surface area (Å²) < 4.78 is 0. The summed E-state index contributed by atoms with van der Waals surface area (Å²) in [7, 11) is 0. The van der Waals surface area contributed by atoms with E-state index in [1.807, 2.05) is 23.6 Å². The average Bonchev–Trinajstić information content (AvgIpc) is 2.97. The normalized spacial score (nSPS) is 10.9. The number of phenolic OH excluding ortho intramolecular Hbond substituents is 1. The molecule has 2 aromatic heterocycles. The van der Waals surface area contributed by atoms with E-state index in [9.17, 15) is 5.11 Å². The van der Waals surface area contributed by atoms with E-state index in [4.69, 9.17) is 0 Å². The Bertz CT molecular complexity index is 755. The maximum absolute atomic E-state index is 9.48. The molecule has 0 aliphatic heterocycles. The highest BCUT2D eigenvalue weighted by atomic mass is 32.1. The van der Waals surface area contributed by atoms with Crippen LogP contribution in [-0.2, 0) is 0 Å². The van der Waals surface area contributed by atoms with Gasteiger partial charge in [0, 0.05) is 28.9 Å². The van der Waals surface area contributed by atoms with Gasteiger partial charge in [-0.15, -0.1) is 11.3 Å². The molecule has 3 aromatic rings. The summed E-state index contributed by atoms with van der Waals surface area (Å²) in [6, 6.07) is 10.8. The second-order valence-electron chi connectivity index (χ2n) is 4.24. The number of aromatic hydroxyl groups is 1. The SMILES string of the molecule is Oc1cccc(-c2csc(NN=Cc3cccnc3)n2)c1. The van der Waals surface area contributed by atoms with Crippen molar-refractivity contribution < 1.29 is 5.11 Å². The van der Waals surface area contributed by atoms with Gasteiger partial charge in [-0.1, -0.05) is 18.2 Å². The fourth-order valence-corrected chi connectivity index (χ4v) is 2.41. The van der Waals surface area contributed by atoms with Crippen molar-refractivity contribution >= 4 is 22.7 Å². The van der Waals surface area contributed by atoms with Crippen LogP contribution in [0.5, 0.6) is 5.75 Å². The third-order valence-corrected chi connectivity index (χ3v) is 3.45. The van der Waals surface area contributed by atoms with Crippen molar-refractivity contribution in [1.29, 1.82) is 0 Å². The lowest BCUT2D eigenvalue weighted by Crippen LogP contribution is -1.90. The molecule has 6 heteroatoms. The van der Waals surface area contributed by atoms with Gasteiger partial charge in [0.25, 0.3) is 0 Å². The van der Waals surface area contributed by atoms with Crippen LogP contribution in [-0.4, -0.2) is 21.3 Å². The van der Waals surface area contributed by atoms with Crippen LogP contribution in [0.1, 0.15) is 5.56 Å². The molecule has 0 spiro atoms. The van der Waals surface area contributed by atoms with E-state index in [1.165, 1.54) is 11.3 Å². The van der Waals surface area contributed by atoms with Crippen molar-refractivity contribution in [1.82, 2.24) is 9.97 Å². The van der Waals surface area contributed by atoms with Crippen LogP contribution >= 0.6 is 11.3 Å². The third kappa shape index (κ3) is 3.43. The predicted octanol–water partition coefficient (Wildman–Crippen LogP) is 3.36. The number of anilines is 1. The average molecular weight is 296 g/mol. The first-order valence-electron chi connectivity index (χ1n) is 6.25. The van der Waals surface area contributed by atoms with Gasteiger partial charge in [-0.3, -0.25) is 10.4 Å². The molecule has 0 unspecified atom stereocenters. The number of nitrogens with one attached hydrogen (secondary N) is 1. The molecule has 5 nitrogen and oxygen atoms in total. The summed E-state index contributed by atoms with van der Waals surface area (Å²) in [6.45, 7) is 0. The van der Waals surface area contributed by atoms with Gasteiger partial charge >= 0.3 is 0 Å². The lowest BCUT2D eigenvalue weighted by molar-refractivity contribution is 0.475. The highest BCUT2D eigenvalue weighted by molar-refractivity contribution is 7.14. The lowest BCUT2D eigenvalue weighted by atomic mass is 10.2.